The Bertz CT molecular complexity index is 1940. The minimum Gasteiger partial charge on any atom is -0.468 e. The number of Topliss-reactive ketones (excluding diaryl/α,β-unsaturated/α-hetero) is 1. The fourth-order valence-corrected chi connectivity index (χ4v) is 6.91. The van der Waals surface area contributed by atoms with Crippen molar-refractivity contribution in [3.63, 3.8) is 0 Å². The number of ketones is 1. The van der Waals surface area contributed by atoms with Gasteiger partial charge in [0.05, 0.1) is 14.2 Å². The van der Waals surface area contributed by atoms with Crippen LogP contribution in [0.4, 0.5) is 0 Å². The van der Waals surface area contributed by atoms with E-state index in [1.54, 1.807) is 19.2 Å². The van der Waals surface area contributed by atoms with Crippen molar-refractivity contribution >= 4 is 28.9 Å². The summed E-state index contributed by atoms with van der Waals surface area (Å²) in [6, 6.07) is 38.5. The normalized spacial score (nSPS) is 15.1. The molecule has 0 saturated carbocycles. The molecule has 1 aliphatic carbocycles. The van der Waals surface area contributed by atoms with Gasteiger partial charge in [-0.3, -0.25) is 14.4 Å². The smallest absolute Gasteiger partial charge is 0.324 e. The first-order valence-corrected chi connectivity index (χ1v) is 16.2. The van der Waals surface area contributed by atoms with Crippen LogP contribution in [-0.2, 0) is 30.2 Å². The van der Waals surface area contributed by atoms with Gasteiger partial charge in [-0.2, -0.15) is 0 Å². The van der Waals surface area contributed by atoms with Crippen LogP contribution >= 0.6 is 0 Å². The highest BCUT2D eigenvalue weighted by molar-refractivity contribution is 6.07. The third-order valence-electron chi connectivity index (χ3n) is 9.23. The first-order chi connectivity index (χ1) is 23.9. The number of allylic oxidation sites excluding steroid dienone is 2. The quantitative estimate of drug-likeness (QED) is 0.0801. The van der Waals surface area contributed by atoms with Crippen LogP contribution in [0, 0.1) is 5.41 Å². The molecular formula is C42H38O7. The van der Waals surface area contributed by atoms with Crippen molar-refractivity contribution in [1.29, 1.82) is 0 Å². The minimum atomic E-state index is -1.73. The fourth-order valence-electron chi connectivity index (χ4n) is 6.91. The minimum absolute atomic E-state index is 0.0192. The zero-order valence-corrected chi connectivity index (χ0v) is 27.8. The van der Waals surface area contributed by atoms with Crippen molar-refractivity contribution in [1.82, 2.24) is 0 Å². The maximum Gasteiger partial charge on any atom is 0.324 e. The molecule has 0 spiro atoms. The van der Waals surface area contributed by atoms with Crippen LogP contribution in [0.2, 0.25) is 0 Å². The second kappa shape index (κ2) is 14.7. The molecule has 4 aromatic carbocycles. The molecular weight excluding hydrogens is 616 g/mol. The Hall–Kier alpha value is -5.53. The molecule has 0 saturated heterocycles. The Morgan fingerprint density at radius 1 is 0.673 bits per heavy atom. The molecule has 7 nitrogen and oxygen atoms in total. The van der Waals surface area contributed by atoms with Gasteiger partial charge in [0.25, 0.3) is 0 Å². The number of carbonyl (C=O) groups excluding carboxylic acids is 3. The highest BCUT2D eigenvalue weighted by atomic mass is 16.5. The monoisotopic (exact) mass is 654 g/mol. The summed E-state index contributed by atoms with van der Waals surface area (Å²) in [6.07, 6.45) is -0.150. The molecule has 6 rings (SSSR count). The highest BCUT2D eigenvalue weighted by Gasteiger charge is 2.54. The SMILES string of the molecule is COC(=O)C1(C(=O)OC)C/C(=C(/CCC(=O)c2ccccc2)c2ccccc2)c2c(oc(-c3ccccc3)c2[C@@H](OC)c2ccccc2)C1. The number of rotatable bonds is 11. The van der Waals surface area contributed by atoms with E-state index in [1.165, 1.54) is 14.2 Å². The van der Waals surface area contributed by atoms with E-state index in [0.29, 0.717) is 29.1 Å². The van der Waals surface area contributed by atoms with Crippen LogP contribution in [0.5, 0.6) is 0 Å². The molecule has 1 aromatic heterocycles. The Morgan fingerprint density at radius 3 is 1.76 bits per heavy atom. The molecule has 0 fully saturated rings. The standard InChI is InChI=1S/C42H38O7/c1-46-38(30-20-12-6-13-21-30)37-36-33(32(28-16-8-4-9-17-28)24-25-34(43)29-18-10-5-11-19-29)26-42(40(44)47-2,41(45)48-3)27-35(36)49-39(37)31-22-14-7-15-23-31/h4-23,38H,24-27H2,1-3H3/b33-32+/t38-/m0/s1. The maximum atomic E-state index is 13.8. The van der Waals surface area contributed by atoms with Crippen LogP contribution in [-0.4, -0.2) is 39.1 Å². The van der Waals surface area contributed by atoms with Gasteiger partial charge < -0.3 is 18.6 Å². The van der Waals surface area contributed by atoms with Crippen molar-refractivity contribution in [2.75, 3.05) is 21.3 Å². The van der Waals surface area contributed by atoms with Gasteiger partial charge in [0.2, 0.25) is 0 Å². The third kappa shape index (κ3) is 6.50. The van der Waals surface area contributed by atoms with Gasteiger partial charge in [-0.1, -0.05) is 121 Å². The summed E-state index contributed by atoms with van der Waals surface area (Å²) < 4.78 is 23.7. The summed E-state index contributed by atoms with van der Waals surface area (Å²) in [5, 5.41) is 0. The molecule has 49 heavy (non-hydrogen) atoms. The number of ether oxygens (including phenoxy) is 3. The summed E-state index contributed by atoms with van der Waals surface area (Å²) in [4.78, 5) is 41.1. The lowest BCUT2D eigenvalue weighted by Gasteiger charge is -2.34. The van der Waals surface area contributed by atoms with Crippen LogP contribution < -0.4 is 0 Å². The predicted octanol–water partition coefficient (Wildman–Crippen LogP) is 8.53. The Labute approximate surface area is 286 Å². The van der Waals surface area contributed by atoms with E-state index in [4.69, 9.17) is 18.6 Å². The lowest BCUT2D eigenvalue weighted by atomic mass is 9.68. The summed E-state index contributed by atoms with van der Waals surface area (Å²) in [5.74, 6) is -0.459. The first-order valence-electron chi connectivity index (χ1n) is 16.2. The Balaban J connectivity index is 1.68. The number of benzene rings is 4. The largest absolute Gasteiger partial charge is 0.468 e. The van der Waals surface area contributed by atoms with E-state index in [0.717, 1.165) is 33.4 Å². The van der Waals surface area contributed by atoms with E-state index < -0.39 is 23.5 Å². The topological polar surface area (TPSA) is 92.0 Å². The molecule has 1 atom stereocenters. The van der Waals surface area contributed by atoms with Crippen molar-refractivity contribution in [2.24, 2.45) is 5.41 Å². The zero-order chi connectivity index (χ0) is 34.4. The number of carbonyl (C=O) groups is 3. The predicted molar refractivity (Wildman–Crippen MR) is 187 cm³/mol. The molecule has 0 amide bonds. The van der Waals surface area contributed by atoms with Gasteiger partial charge in [-0.25, -0.2) is 0 Å². The van der Waals surface area contributed by atoms with Gasteiger partial charge >= 0.3 is 11.9 Å². The molecule has 0 unspecified atom stereocenters. The van der Waals surface area contributed by atoms with Gasteiger partial charge in [0.15, 0.2) is 11.2 Å². The van der Waals surface area contributed by atoms with Gasteiger partial charge in [0.1, 0.15) is 17.6 Å². The van der Waals surface area contributed by atoms with Crippen molar-refractivity contribution in [3.8, 4) is 11.3 Å². The van der Waals surface area contributed by atoms with Crippen LogP contribution in [0.15, 0.2) is 126 Å². The van der Waals surface area contributed by atoms with Gasteiger partial charge in [-0.05, 0) is 28.7 Å². The van der Waals surface area contributed by atoms with E-state index in [-0.39, 0.29) is 25.0 Å². The maximum absolute atomic E-state index is 13.8. The zero-order valence-electron chi connectivity index (χ0n) is 27.8. The van der Waals surface area contributed by atoms with Gasteiger partial charge in [-0.15, -0.1) is 0 Å². The number of hydrogen-bond donors (Lipinski definition) is 0. The molecule has 0 radical (unpaired) electrons. The molecule has 1 heterocycles. The van der Waals surface area contributed by atoms with E-state index >= 15 is 0 Å². The lowest BCUT2D eigenvalue weighted by molar-refractivity contribution is -0.169. The summed E-state index contributed by atoms with van der Waals surface area (Å²) in [7, 11) is 4.19. The van der Waals surface area contributed by atoms with E-state index in [9.17, 15) is 14.4 Å². The number of methoxy groups -OCH3 is 3. The Morgan fingerprint density at radius 2 is 1.20 bits per heavy atom. The van der Waals surface area contributed by atoms with Gasteiger partial charge in [0, 0.05) is 48.6 Å². The number of hydrogen-bond acceptors (Lipinski definition) is 7. The Kier molecular flexibility index (Phi) is 10.0. The third-order valence-corrected chi connectivity index (χ3v) is 9.23. The van der Waals surface area contributed by atoms with Crippen molar-refractivity contribution < 1.29 is 33.0 Å². The average molecular weight is 655 g/mol. The molecule has 7 heteroatoms. The molecule has 248 valence electrons. The van der Waals surface area contributed by atoms with Crippen LogP contribution in [0.3, 0.4) is 0 Å². The molecule has 0 bridgehead atoms. The number of fused-ring (bicyclic) bond motifs is 1. The first kappa shape index (κ1) is 33.4. The van der Waals surface area contributed by atoms with E-state index in [1.807, 2.05) is 109 Å². The average Bonchev–Trinajstić information content (AvgIpc) is 3.54. The fraction of sp³-hybridized carbons (Fsp3) is 0.214. The summed E-state index contributed by atoms with van der Waals surface area (Å²) in [6.45, 7) is 0. The lowest BCUT2D eigenvalue weighted by Crippen LogP contribution is -2.45. The summed E-state index contributed by atoms with van der Waals surface area (Å²) in [5.41, 5.74) is 4.50. The second-order valence-electron chi connectivity index (χ2n) is 12.1. The van der Waals surface area contributed by atoms with E-state index in [2.05, 4.69) is 0 Å². The molecule has 0 N–H and O–H groups in total. The molecule has 5 aromatic rings. The highest BCUT2D eigenvalue weighted by Crippen LogP contribution is 2.53. The second-order valence-corrected chi connectivity index (χ2v) is 12.1. The van der Waals surface area contributed by atoms with Crippen LogP contribution in [0.25, 0.3) is 22.5 Å². The van der Waals surface area contributed by atoms with Crippen molar-refractivity contribution in [3.05, 3.63) is 155 Å². The number of furan rings is 1. The van der Waals surface area contributed by atoms with Crippen molar-refractivity contribution in [2.45, 2.75) is 31.8 Å². The molecule has 0 aliphatic heterocycles. The summed E-state index contributed by atoms with van der Waals surface area (Å²) >= 11 is 0. The molecule has 1 aliphatic rings. The van der Waals surface area contributed by atoms with Crippen LogP contribution in [0.1, 0.15) is 63.7 Å². The number of esters is 2.